The largest absolute Gasteiger partial charge is 0.376 e. The molecule has 6 heteroatoms. The van der Waals surface area contributed by atoms with Crippen molar-refractivity contribution in [2.24, 2.45) is 0 Å². The third-order valence-corrected chi connectivity index (χ3v) is 5.24. The number of aryl methyl sites for hydroxylation is 1. The minimum Gasteiger partial charge on any atom is -0.376 e. The molecule has 148 valence electrons. The SMILES string of the molecule is Cc1cccc(NC(=O)CNc2ccc(Cl)c(C(=O)NC3CCCCC3)c2)c1. The molecule has 0 bridgehead atoms. The van der Waals surface area contributed by atoms with E-state index in [4.69, 9.17) is 11.6 Å². The lowest BCUT2D eigenvalue weighted by atomic mass is 9.95. The Morgan fingerprint density at radius 3 is 2.57 bits per heavy atom. The summed E-state index contributed by atoms with van der Waals surface area (Å²) >= 11 is 6.23. The molecule has 3 N–H and O–H groups in total. The maximum atomic E-state index is 12.6. The molecule has 0 aliphatic heterocycles. The maximum Gasteiger partial charge on any atom is 0.253 e. The van der Waals surface area contributed by atoms with Gasteiger partial charge in [-0.2, -0.15) is 0 Å². The lowest BCUT2D eigenvalue weighted by Gasteiger charge is -2.23. The van der Waals surface area contributed by atoms with Crippen molar-refractivity contribution in [1.82, 2.24) is 5.32 Å². The molecule has 0 heterocycles. The molecule has 2 aromatic rings. The number of halogens is 1. The van der Waals surface area contributed by atoms with E-state index in [1.807, 2.05) is 31.2 Å². The van der Waals surface area contributed by atoms with Crippen LogP contribution in [-0.2, 0) is 4.79 Å². The standard InChI is InChI=1S/C22H26ClN3O2/c1-15-6-5-9-18(12-15)25-21(27)14-24-17-10-11-20(23)19(13-17)22(28)26-16-7-3-2-4-8-16/h5-6,9-13,16,24H,2-4,7-8,14H2,1H3,(H,25,27)(H,26,28). The van der Waals surface area contributed by atoms with E-state index in [-0.39, 0.29) is 24.4 Å². The molecule has 2 amide bonds. The molecule has 1 saturated carbocycles. The first-order valence-electron chi connectivity index (χ1n) is 9.72. The molecule has 0 radical (unpaired) electrons. The zero-order chi connectivity index (χ0) is 19.9. The van der Waals surface area contributed by atoms with Gasteiger partial charge in [-0.25, -0.2) is 0 Å². The molecule has 1 aliphatic carbocycles. The minimum atomic E-state index is -0.162. The van der Waals surface area contributed by atoms with Crippen molar-refractivity contribution >= 4 is 34.8 Å². The van der Waals surface area contributed by atoms with Crippen LogP contribution in [0.4, 0.5) is 11.4 Å². The zero-order valence-corrected chi connectivity index (χ0v) is 16.8. The number of carbonyl (C=O) groups is 2. The Morgan fingerprint density at radius 1 is 1.04 bits per heavy atom. The third-order valence-electron chi connectivity index (χ3n) is 4.91. The van der Waals surface area contributed by atoms with E-state index in [0.717, 1.165) is 36.9 Å². The molecule has 0 aromatic heterocycles. The van der Waals surface area contributed by atoms with Crippen molar-refractivity contribution in [2.75, 3.05) is 17.2 Å². The van der Waals surface area contributed by atoms with Crippen molar-refractivity contribution in [1.29, 1.82) is 0 Å². The Hall–Kier alpha value is -2.53. The molecule has 28 heavy (non-hydrogen) atoms. The number of amides is 2. The number of nitrogens with one attached hydrogen (secondary N) is 3. The molecule has 0 saturated heterocycles. The second kappa shape index (κ2) is 9.60. The summed E-state index contributed by atoms with van der Waals surface area (Å²) in [6, 6.07) is 13.0. The molecule has 0 spiro atoms. The summed E-state index contributed by atoms with van der Waals surface area (Å²) < 4.78 is 0. The normalized spacial score (nSPS) is 14.4. The van der Waals surface area contributed by atoms with Crippen LogP contribution in [0.1, 0.15) is 48.0 Å². The van der Waals surface area contributed by atoms with Gasteiger partial charge in [-0.05, 0) is 55.7 Å². The number of anilines is 2. The average Bonchev–Trinajstić information content (AvgIpc) is 2.68. The van der Waals surface area contributed by atoms with Crippen LogP contribution < -0.4 is 16.0 Å². The van der Waals surface area contributed by atoms with Gasteiger partial charge in [-0.15, -0.1) is 0 Å². The Kier molecular flexibility index (Phi) is 6.93. The fourth-order valence-electron chi connectivity index (χ4n) is 3.43. The highest BCUT2D eigenvalue weighted by Crippen LogP contribution is 2.23. The smallest absolute Gasteiger partial charge is 0.253 e. The Morgan fingerprint density at radius 2 is 1.82 bits per heavy atom. The molecule has 3 rings (SSSR count). The highest BCUT2D eigenvalue weighted by Gasteiger charge is 2.18. The van der Waals surface area contributed by atoms with E-state index in [9.17, 15) is 9.59 Å². The van der Waals surface area contributed by atoms with E-state index < -0.39 is 0 Å². The van der Waals surface area contributed by atoms with Gasteiger partial charge in [-0.3, -0.25) is 9.59 Å². The second-order valence-corrected chi connectivity index (χ2v) is 7.68. The van der Waals surface area contributed by atoms with E-state index in [1.54, 1.807) is 18.2 Å². The Labute approximate surface area is 170 Å². The predicted octanol–water partition coefficient (Wildman–Crippen LogP) is 4.76. The number of hydrogen-bond acceptors (Lipinski definition) is 3. The summed E-state index contributed by atoms with van der Waals surface area (Å²) in [5.41, 5.74) is 2.95. The second-order valence-electron chi connectivity index (χ2n) is 7.27. The molecule has 5 nitrogen and oxygen atoms in total. The summed E-state index contributed by atoms with van der Waals surface area (Å²) in [6.45, 7) is 2.07. The summed E-state index contributed by atoms with van der Waals surface area (Å²) in [7, 11) is 0. The molecule has 0 atom stereocenters. The van der Waals surface area contributed by atoms with Crippen LogP contribution in [-0.4, -0.2) is 24.4 Å². The van der Waals surface area contributed by atoms with Crippen LogP contribution in [0.3, 0.4) is 0 Å². The number of rotatable bonds is 6. The van der Waals surface area contributed by atoms with Crippen molar-refractivity contribution in [3.63, 3.8) is 0 Å². The summed E-state index contributed by atoms with van der Waals surface area (Å²) in [5.74, 6) is -0.321. The first-order chi connectivity index (χ1) is 13.5. The molecule has 1 aliphatic rings. The van der Waals surface area contributed by atoms with E-state index in [0.29, 0.717) is 16.3 Å². The van der Waals surface area contributed by atoms with E-state index in [1.165, 1.54) is 6.42 Å². The quantitative estimate of drug-likeness (QED) is 0.655. The van der Waals surface area contributed by atoms with Gasteiger partial charge in [0.25, 0.3) is 5.91 Å². The molecular formula is C22H26ClN3O2. The number of benzene rings is 2. The first-order valence-corrected chi connectivity index (χ1v) is 10.1. The summed E-state index contributed by atoms with van der Waals surface area (Å²) in [5, 5.41) is 9.39. The zero-order valence-electron chi connectivity index (χ0n) is 16.1. The van der Waals surface area contributed by atoms with Crippen molar-refractivity contribution in [3.05, 3.63) is 58.6 Å². The van der Waals surface area contributed by atoms with Gasteiger partial charge in [0.1, 0.15) is 0 Å². The Balaban J connectivity index is 1.57. The lowest BCUT2D eigenvalue weighted by molar-refractivity contribution is -0.114. The van der Waals surface area contributed by atoms with Gasteiger partial charge >= 0.3 is 0 Å². The maximum absolute atomic E-state index is 12.6. The van der Waals surface area contributed by atoms with Gasteiger partial charge in [0.05, 0.1) is 17.1 Å². The molecular weight excluding hydrogens is 374 g/mol. The lowest BCUT2D eigenvalue weighted by Crippen LogP contribution is -2.36. The number of hydrogen-bond donors (Lipinski definition) is 3. The molecule has 1 fully saturated rings. The van der Waals surface area contributed by atoms with Gasteiger partial charge in [0.15, 0.2) is 0 Å². The van der Waals surface area contributed by atoms with Crippen LogP contribution >= 0.6 is 11.6 Å². The van der Waals surface area contributed by atoms with Crippen molar-refractivity contribution < 1.29 is 9.59 Å². The Bertz CT molecular complexity index is 847. The molecule has 0 unspecified atom stereocenters. The third kappa shape index (κ3) is 5.73. The monoisotopic (exact) mass is 399 g/mol. The van der Waals surface area contributed by atoms with Gasteiger partial charge in [-0.1, -0.05) is 43.0 Å². The van der Waals surface area contributed by atoms with E-state index >= 15 is 0 Å². The van der Waals surface area contributed by atoms with Gasteiger partial charge in [0.2, 0.25) is 5.91 Å². The average molecular weight is 400 g/mol. The fourth-order valence-corrected chi connectivity index (χ4v) is 3.63. The van der Waals surface area contributed by atoms with Crippen LogP contribution in [0.25, 0.3) is 0 Å². The van der Waals surface area contributed by atoms with Crippen LogP contribution in [0.15, 0.2) is 42.5 Å². The summed E-state index contributed by atoms with van der Waals surface area (Å²) in [6.07, 6.45) is 5.56. The highest BCUT2D eigenvalue weighted by molar-refractivity contribution is 6.34. The minimum absolute atomic E-state index is 0.0965. The fraction of sp³-hybridized carbons (Fsp3) is 0.364. The van der Waals surface area contributed by atoms with Gasteiger partial charge < -0.3 is 16.0 Å². The number of carbonyl (C=O) groups excluding carboxylic acids is 2. The topological polar surface area (TPSA) is 70.2 Å². The predicted molar refractivity (Wildman–Crippen MR) is 114 cm³/mol. The van der Waals surface area contributed by atoms with E-state index in [2.05, 4.69) is 16.0 Å². The van der Waals surface area contributed by atoms with Crippen LogP contribution in [0, 0.1) is 6.92 Å². The van der Waals surface area contributed by atoms with Gasteiger partial charge in [0, 0.05) is 17.4 Å². The van der Waals surface area contributed by atoms with Crippen LogP contribution in [0.5, 0.6) is 0 Å². The van der Waals surface area contributed by atoms with Crippen LogP contribution in [0.2, 0.25) is 5.02 Å². The highest BCUT2D eigenvalue weighted by atomic mass is 35.5. The first kappa shape index (κ1) is 20.2. The molecule has 2 aromatic carbocycles. The summed E-state index contributed by atoms with van der Waals surface area (Å²) in [4.78, 5) is 24.8. The van der Waals surface area contributed by atoms with Crippen molar-refractivity contribution in [2.45, 2.75) is 45.1 Å². The van der Waals surface area contributed by atoms with Crippen molar-refractivity contribution in [3.8, 4) is 0 Å².